The number of aromatic nitrogens is 1. The molecule has 0 saturated heterocycles. The summed E-state index contributed by atoms with van der Waals surface area (Å²) in [5, 5.41) is 1.32. The highest BCUT2D eigenvalue weighted by Gasteiger charge is 2.16. The smallest absolute Gasteiger partial charge is 0.387 e. The lowest BCUT2D eigenvalue weighted by atomic mass is 10.0. The fourth-order valence-corrected chi connectivity index (χ4v) is 3.05. The van der Waals surface area contributed by atoms with Gasteiger partial charge in [0.05, 0.1) is 10.5 Å². The third-order valence-corrected chi connectivity index (χ3v) is 4.07. The molecule has 1 aliphatic rings. The van der Waals surface area contributed by atoms with E-state index in [0.29, 0.717) is 10.4 Å². The molecule has 1 aromatic heterocycles. The predicted molar refractivity (Wildman–Crippen MR) is 74.6 cm³/mol. The lowest BCUT2D eigenvalue weighted by Crippen LogP contribution is -2.02. The van der Waals surface area contributed by atoms with Gasteiger partial charge in [0, 0.05) is 11.1 Å². The summed E-state index contributed by atoms with van der Waals surface area (Å²) in [6.45, 7) is -2.83. The van der Waals surface area contributed by atoms with Crippen LogP contribution >= 0.6 is 11.6 Å². The number of hydrogen-bond acceptors (Lipinski definition) is 2. The second kappa shape index (κ2) is 5.52. The van der Waals surface area contributed by atoms with E-state index >= 15 is 0 Å². The van der Waals surface area contributed by atoms with Crippen LogP contribution in [0.15, 0.2) is 18.2 Å². The van der Waals surface area contributed by atoms with Crippen molar-refractivity contribution in [3.8, 4) is 5.75 Å². The topological polar surface area (TPSA) is 22.1 Å². The number of fused-ring (bicyclic) bond motifs is 2. The Bertz CT molecular complexity index is 645. The number of pyridine rings is 1. The first kappa shape index (κ1) is 13.6. The van der Waals surface area contributed by atoms with Crippen molar-refractivity contribution in [2.45, 2.75) is 38.7 Å². The lowest BCUT2D eigenvalue weighted by molar-refractivity contribution is -0.0497. The highest BCUT2D eigenvalue weighted by atomic mass is 35.5. The zero-order valence-corrected chi connectivity index (χ0v) is 11.6. The van der Waals surface area contributed by atoms with Crippen LogP contribution in [0, 0.1) is 0 Å². The second-order valence-corrected chi connectivity index (χ2v) is 5.35. The van der Waals surface area contributed by atoms with Gasteiger partial charge < -0.3 is 4.74 Å². The molecule has 0 fully saturated rings. The number of benzene rings is 1. The van der Waals surface area contributed by atoms with E-state index in [0.717, 1.165) is 42.5 Å². The Morgan fingerprint density at radius 3 is 2.75 bits per heavy atom. The third-order valence-electron chi connectivity index (χ3n) is 3.64. The molecule has 0 amide bonds. The second-order valence-electron chi connectivity index (χ2n) is 4.97. The van der Waals surface area contributed by atoms with Crippen molar-refractivity contribution in [3.05, 3.63) is 34.5 Å². The minimum Gasteiger partial charge on any atom is -0.435 e. The molecule has 0 atom stereocenters. The molecule has 106 valence electrons. The summed E-state index contributed by atoms with van der Waals surface area (Å²) in [5.74, 6) is 0.116. The minimum atomic E-state index is -2.83. The molecule has 5 heteroatoms. The van der Waals surface area contributed by atoms with Crippen LogP contribution in [0.2, 0.25) is 5.02 Å². The van der Waals surface area contributed by atoms with E-state index in [1.165, 1.54) is 12.5 Å². The van der Waals surface area contributed by atoms with Crippen molar-refractivity contribution in [1.82, 2.24) is 4.98 Å². The van der Waals surface area contributed by atoms with E-state index in [9.17, 15) is 8.78 Å². The molecule has 1 aromatic carbocycles. The average molecular weight is 298 g/mol. The molecule has 20 heavy (non-hydrogen) atoms. The van der Waals surface area contributed by atoms with Crippen LogP contribution in [0.4, 0.5) is 8.78 Å². The molecule has 2 nitrogen and oxygen atoms in total. The molecular formula is C15H14ClF2NO. The van der Waals surface area contributed by atoms with E-state index in [2.05, 4.69) is 9.72 Å². The van der Waals surface area contributed by atoms with Crippen LogP contribution in [0.25, 0.3) is 10.9 Å². The van der Waals surface area contributed by atoms with Crippen molar-refractivity contribution < 1.29 is 13.5 Å². The Kier molecular flexibility index (Phi) is 3.74. The van der Waals surface area contributed by atoms with E-state index in [-0.39, 0.29) is 5.75 Å². The largest absolute Gasteiger partial charge is 0.435 e. The summed E-state index contributed by atoms with van der Waals surface area (Å²) < 4.78 is 29.0. The van der Waals surface area contributed by atoms with Gasteiger partial charge in [0.15, 0.2) is 0 Å². The van der Waals surface area contributed by atoms with Gasteiger partial charge in [-0.3, -0.25) is 4.98 Å². The van der Waals surface area contributed by atoms with Crippen molar-refractivity contribution in [3.63, 3.8) is 0 Å². The number of nitrogens with zero attached hydrogens (tertiary/aromatic N) is 1. The van der Waals surface area contributed by atoms with Gasteiger partial charge in [-0.25, -0.2) is 0 Å². The molecule has 1 heterocycles. The number of rotatable bonds is 2. The van der Waals surface area contributed by atoms with Crippen molar-refractivity contribution in [2.75, 3.05) is 0 Å². The molecule has 2 aromatic rings. The Balaban J connectivity index is 2.12. The number of alkyl halides is 2. The fraction of sp³-hybridized carbons (Fsp3) is 0.400. The summed E-state index contributed by atoms with van der Waals surface area (Å²) in [7, 11) is 0. The van der Waals surface area contributed by atoms with Gasteiger partial charge >= 0.3 is 6.61 Å². The Labute approximate surface area is 120 Å². The SMILES string of the molecule is FC(F)Oc1ccc2nc3c(c(Cl)c2c1)CCCCC3. The number of ether oxygens (including phenoxy) is 1. The third kappa shape index (κ3) is 2.57. The first-order chi connectivity index (χ1) is 9.65. The average Bonchev–Trinajstić information content (AvgIpc) is 2.64. The molecule has 1 aliphatic carbocycles. The maximum Gasteiger partial charge on any atom is 0.387 e. The molecule has 0 saturated carbocycles. The van der Waals surface area contributed by atoms with E-state index in [1.807, 2.05) is 0 Å². The summed E-state index contributed by atoms with van der Waals surface area (Å²) in [6.07, 6.45) is 5.21. The number of hydrogen-bond donors (Lipinski definition) is 0. The van der Waals surface area contributed by atoms with Crippen molar-refractivity contribution >= 4 is 22.5 Å². The molecule has 0 N–H and O–H groups in total. The summed E-state index contributed by atoms with van der Waals surface area (Å²) >= 11 is 6.46. The highest BCUT2D eigenvalue weighted by molar-refractivity contribution is 6.36. The molecule has 0 radical (unpaired) electrons. The molecule has 0 unspecified atom stereocenters. The summed E-state index contributed by atoms with van der Waals surface area (Å²) in [5.41, 5.74) is 2.84. The van der Waals surface area contributed by atoms with E-state index in [1.54, 1.807) is 12.1 Å². The predicted octanol–water partition coefficient (Wildman–Crippen LogP) is 4.76. The van der Waals surface area contributed by atoms with Gasteiger partial charge in [0.1, 0.15) is 5.75 Å². The monoisotopic (exact) mass is 297 g/mol. The Hall–Kier alpha value is -1.42. The van der Waals surface area contributed by atoms with Gasteiger partial charge in [-0.15, -0.1) is 0 Å². The number of halogens is 3. The van der Waals surface area contributed by atoms with Crippen LogP contribution in [-0.2, 0) is 12.8 Å². The quantitative estimate of drug-likeness (QED) is 0.746. The van der Waals surface area contributed by atoms with Crippen molar-refractivity contribution in [2.24, 2.45) is 0 Å². The van der Waals surface area contributed by atoms with Gasteiger partial charge in [-0.05, 0) is 49.4 Å². The van der Waals surface area contributed by atoms with Crippen LogP contribution in [0.5, 0.6) is 5.75 Å². The summed E-state index contributed by atoms with van der Waals surface area (Å²) in [6, 6.07) is 4.73. The van der Waals surface area contributed by atoms with Crippen LogP contribution in [0.3, 0.4) is 0 Å². The minimum absolute atomic E-state index is 0.116. The molecular weight excluding hydrogens is 284 g/mol. The highest BCUT2D eigenvalue weighted by Crippen LogP contribution is 2.34. The maximum atomic E-state index is 12.3. The first-order valence-corrected chi connectivity index (χ1v) is 7.09. The van der Waals surface area contributed by atoms with Gasteiger partial charge in [-0.1, -0.05) is 18.0 Å². The fourth-order valence-electron chi connectivity index (χ4n) is 2.70. The van der Waals surface area contributed by atoms with Gasteiger partial charge in [0.2, 0.25) is 0 Å². The molecule has 0 spiro atoms. The zero-order valence-electron chi connectivity index (χ0n) is 10.8. The molecule has 3 rings (SSSR count). The van der Waals surface area contributed by atoms with Crippen LogP contribution in [0.1, 0.15) is 30.5 Å². The van der Waals surface area contributed by atoms with Gasteiger partial charge in [-0.2, -0.15) is 8.78 Å². The van der Waals surface area contributed by atoms with Crippen LogP contribution in [-0.4, -0.2) is 11.6 Å². The van der Waals surface area contributed by atoms with Gasteiger partial charge in [0.25, 0.3) is 0 Å². The molecule has 0 bridgehead atoms. The first-order valence-electron chi connectivity index (χ1n) is 6.71. The zero-order chi connectivity index (χ0) is 14.1. The standard InChI is InChI=1S/C15H14ClF2NO/c16-14-10-4-2-1-3-5-12(10)19-13-7-6-9(8-11(13)14)20-15(17)18/h6-8,15H,1-5H2. The lowest BCUT2D eigenvalue weighted by Gasteiger charge is -2.12. The van der Waals surface area contributed by atoms with E-state index < -0.39 is 6.61 Å². The Morgan fingerprint density at radius 1 is 1.15 bits per heavy atom. The summed E-state index contributed by atoms with van der Waals surface area (Å²) in [4.78, 5) is 4.63. The molecule has 0 aliphatic heterocycles. The van der Waals surface area contributed by atoms with Crippen molar-refractivity contribution in [1.29, 1.82) is 0 Å². The normalized spacial score (nSPS) is 15.2. The Morgan fingerprint density at radius 2 is 1.95 bits per heavy atom. The van der Waals surface area contributed by atoms with Crippen LogP contribution < -0.4 is 4.74 Å². The van der Waals surface area contributed by atoms with E-state index in [4.69, 9.17) is 11.6 Å². The maximum absolute atomic E-state index is 12.3. The number of aryl methyl sites for hydroxylation is 1.